The Morgan fingerprint density at radius 3 is 2.24 bits per heavy atom. The molecule has 0 bridgehead atoms. The van der Waals surface area contributed by atoms with Gasteiger partial charge < -0.3 is 19.7 Å². The average Bonchev–Trinajstić information content (AvgIpc) is 2.93. The molecule has 3 rings (SSSR count). The van der Waals surface area contributed by atoms with Crippen molar-refractivity contribution in [2.45, 2.75) is 52.6 Å². The Kier molecular flexibility index (Phi) is 10.8. The lowest BCUT2D eigenvalue weighted by molar-refractivity contribution is -0.142. The second-order valence-electron chi connectivity index (χ2n) is 10.2. The number of hydrogen-bond donors (Lipinski definition) is 1. The van der Waals surface area contributed by atoms with E-state index in [0.29, 0.717) is 24.5 Å². The van der Waals surface area contributed by atoms with Crippen LogP contribution in [0.25, 0.3) is 0 Å². The van der Waals surface area contributed by atoms with Gasteiger partial charge in [0.05, 0.1) is 7.11 Å². The van der Waals surface area contributed by atoms with Crippen LogP contribution in [0.5, 0.6) is 11.5 Å². The molecule has 3 aromatic rings. The number of nitrogens with zero attached hydrogens (tertiary/aromatic N) is 1. The van der Waals surface area contributed by atoms with E-state index in [-0.39, 0.29) is 36.8 Å². The standard InChI is InChI=1S/C32H40N2O4/c1-23(2)20-33-32(36)29(19-25-12-7-6-8-13-25)34(21-26-14-11-15-27(18-26)37-5)31(35)22-38-30-17-10-9-16-28(30)24(3)4/h6-18,23-24,29H,19-22H2,1-5H3,(H,33,36)/t29-/m0/s1. The maximum absolute atomic E-state index is 13.8. The highest BCUT2D eigenvalue weighted by Gasteiger charge is 2.31. The Hall–Kier alpha value is -3.80. The molecule has 6 heteroatoms. The fraction of sp³-hybridized carbons (Fsp3) is 0.375. The van der Waals surface area contributed by atoms with Crippen molar-refractivity contribution in [3.8, 4) is 11.5 Å². The highest BCUT2D eigenvalue weighted by molar-refractivity contribution is 5.88. The maximum Gasteiger partial charge on any atom is 0.261 e. The van der Waals surface area contributed by atoms with Crippen LogP contribution in [0.3, 0.4) is 0 Å². The molecule has 0 aliphatic heterocycles. The Bertz CT molecular complexity index is 1180. The molecule has 0 heterocycles. The van der Waals surface area contributed by atoms with Crippen molar-refractivity contribution in [3.63, 3.8) is 0 Å². The van der Waals surface area contributed by atoms with Crippen molar-refractivity contribution in [2.75, 3.05) is 20.3 Å². The van der Waals surface area contributed by atoms with E-state index in [0.717, 1.165) is 16.7 Å². The maximum atomic E-state index is 13.8. The van der Waals surface area contributed by atoms with Crippen LogP contribution in [0.4, 0.5) is 0 Å². The van der Waals surface area contributed by atoms with Crippen LogP contribution in [0.15, 0.2) is 78.9 Å². The molecule has 6 nitrogen and oxygen atoms in total. The molecule has 0 aliphatic carbocycles. The third-order valence-corrected chi connectivity index (χ3v) is 6.33. The monoisotopic (exact) mass is 516 g/mol. The van der Waals surface area contributed by atoms with Gasteiger partial charge in [-0.25, -0.2) is 0 Å². The fourth-order valence-corrected chi connectivity index (χ4v) is 4.26. The van der Waals surface area contributed by atoms with Crippen LogP contribution in [0.2, 0.25) is 0 Å². The van der Waals surface area contributed by atoms with Gasteiger partial charge in [-0.05, 0) is 46.7 Å². The SMILES string of the molecule is COc1cccc(CN(C(=O)COc2ccccc2C(C)C)[C@@H](Cc2ccccc2)C(=O)NCC(C)C)c1. The first-order chi connectivity index (χ1) is 18.3. The van der Waals surface area contributed by atoms with Gasteiger partial charge in [-0.15, -0.1) is 0 Å². The van der Waals surface area contributed by atoms with E-state index in [4.69, 9.17) is 9.47 Å². The molecule has 0 unspecified atom stereocenters. The van der Waals surface area contributed by atoms with Crippen LogP contribution in [0, 0.1) is 5.92 Å². The lowest BCUT2D eigenvalue weighted by Crippen LogP contribution is -2.52. The summed E-state index contributed by atoms with van der Waals surface area (Å²) in [5.41, 5.74) is 2.89. The second-order valence-corrected chi connectivity index (χ2v) is 10.2. The minimum absolute atomic E-state index is 0.170. The Morgan fingerprint density at radius 2 is 1.55 bits per heavy atom. The Morgan fingerprint density at radius 1 is 0.868 bits per heavy atom. The third kappa shape index (κ3) is 8.37. The summed E-state index contributed by atoms with van der Waals surface area (Å²) in [5, 5.41) is 3.05. The Balaban J connectivity index is 1.94. The molecule has 0 aromatic heterocycles. The number of hydrogen-bond acceptors (Lipinski definition) is 4. The largest absolute Gasteiger partial charge is 0.497 e. The molecule has 0 saturated heterocycles. The zero-order chi connectivity index (χ0) is 27.5. The first-order valence-electron chi connectivity index (χ1n) is 13.2. The predicted octanol–water partition coefficient (Wildman–Crippen LogP) is 5.61. The number of nitrogens with one attached hydrogen (secondary N) is 1. The summed E-state index contributed by atoms with van der Waals surface area (Å²) in [7, 11) is 1.61. The quantitative estimate of drug-likeness (QED) is 0.321. The number of para-hydroxylation sites is 1. The molecule has 38 heavy (non-hydrogen) atoms. The summed E-state index contributed by atoms with van der Waals surface area (Å²) in [6.45, 7) is 8.89. The molecule has 1 atom stereocenters. The minimum atomic E-state index is -0.709. The van der Waals surface area contributed by atoms with Crippen molar-refractivity contribution >= 4 is 11.8 Å². The predicted molar refractivity (Wildman–Crippen MR) is 151 cm³/mol. The summed E-state index contributed by atoms with van der Waals surface area (Å²) in [6, 6.07) is 24.4. The molecule has 2 amide bonds. The van der Waals surface area contributed by atoms with Gasteiger partial charge in [0, 0.05) is 19.5 Å². The highest BCUT2D eigenvalue weighted by Crippen LogP contribution is 2.26. The third-order valence-electron chi connectivity index (χ3n) is 6.33. The summed E-state index contributed by atoms with van der Waals surface area (Å²) >= 11 is 0. The lowest BCUT2D eigenvalue weighted by Gasteiger charge is -2.32. The fourth-order valence-electron chi connectivity index (χ4n) is 4.26. The summed E-state index contributed by atoms with van der Waals surface area (Å²) in [4.78, 5) is 29.0. The topological polar surface area (TPSA) is 67.9 Å². The molecule has 1 N–H and O–H groups in total. The van der Waals surface area contributed by atoms with Gasteiger partial charge in [0.2, 0.25) is 5.91 Å². The van der Waals surface area contributed by atoms with Gasteiger partial charge in [-0.3, -0.25) is 9.59 Å². The Labute approximate surface area is 227 Å². The van der Waals surface area contributed by atoms with Crippen molar-refractivity contribution < 1.29 is 19.1 Å². The van der Waals surface area contributed by atoms with E-state index in [1.54, 1.807) is 12.0 Å². The summed E-state index contributed by atoms with van der Waals surface area (Å²) in [5.74, 6) is 1.48. The average molecular weight is 517 g/mol. The molecule has 202 valence electrons. The number of carbonyl (C=O) groups excluding carboxylic acids is 2. The van der Waals surface area contributed by atoms with Crippen LogP contribution in [-0.2, 0) is 22.6 Å². The van der Waals surface area contributed by atoms with Crippen molar-refractivity contribution in [2.24, 2.45) is 5.92 Å². The van der Waals surface area contributed by atoms with Crippen LogP contribution in [-0.4, -0.2) is 43.0 Å². The molecule has 0 fully saturated rings. The molecule has 0 spiro atoms. The van der Waals surface area contributed by atoms with E-state index in [9.17, 15) is 9.59 Å². The number of amides is 2. The van der Waals surface area contributed by atoms with E-state index >= 15 is 0 Å². The second kappa shape index (κ2) is 14.2. The summed E-state index contributed by atoms with van der Waals surface area (Å²) < 4.78 is 11.5. The van der Waals surface area contributed by atoms with Gasteiger partial charge in [-0.1, -0.05) is 88.4 Å². The van der Waals surface area contributed by atoms with Crippen LogP contribution >= 0.6 is 0 Å². The van der Waals surface area contributed by atoms with Crippen molar-refractivity contribution in [1.29, 1.82) is 0 Å². The van der Waals surface area contributed by atoms with Gasteiger partial charge in [0.15, 0.2) is 6.61 Å². The molecular weight excluding hydrogens is 476 g/mol. The van der Waals surface area contributed by atoms with Gasteiger partial charge >= 0.3 is 0 Å². The van der Waals surface area contributed by atoms with Crippen molar-refractivity contribution in [3.05, 3.63) is 95.6 Å². The van der Waals surface area contributed by atoms with Crippen LogP contribution in [0.1, 0.15) is 50.3 Å². The highest BCUT2D eigenvalue weighted by atomic mass is 16.5. The van der Waals surface area contributed by atoms with Gasteiger partial charge in [0.1, 0.15) is 17.5 Å². The zero-order valence-electron chi connectivity index (χ0n) is 23.1. The number of rotatable bonds is 13. The number of benzene rings is 3. The minimum Gasteiger partial charge on any atom is -0.497 e. The van der Waals surface area contributed by atoms with Gasteiger partial charge in [-0.2, -0.15) is 0 Å². The van der Waals surface area contributed by atoms with E-state index in [1.165, 1.54) is 0 Å². The lowest BCUT2D eigenvalue weighted by atomic mass is 10.0. The molecule has 3 aromatic carbocycles. The van der Waals surface area contributed by atoms with E-state index in [2.05, 4.69) is 19.2 Å². The smallest absolute Gasteiger partial charge is 0.261 e. The number of carbonyl (C=O) groups is 2. The molecule has 0 saturated carbocycles. The number of ether oxygens (including phenoxy) is 2. The normalized spacial score (nSPS) is 11.8. The zero-order valence-corrected chi connectivity index (χ0v) is 23.1. The van der Waals surface area contributed by atoms with Gasteiger partial charge in [0.25, 0.3) is 5.91 Å². The molecule has 0 aliphatic rings. The molecule has 0 radical (unpaired) electrons. The number of methoxy groups -OCH3 is 1. The van der Waals surface area contributed by atoms with E-state index < -0.39 is 6.04 Å². The first-order valence-corrected chi connectivity index (χ1v) is 13.2. The molecular formula is C32H40N2O4. The van der Waals surface area contributed by atoms with Crippen molar-refractivity contribution in [1.82, 2.24) is 10.2 Å². The first kappa shape index (κ1) is 28.8. The van der Waals surface area contributed by atoms with Crippen LogP contribution < -0.4 is 14.8 Å². The summed E-state index contributed by atoms with van der Waals surface area (Å²) in [6.07, 6.45) is 0.392. The van der Waals surface area contributed by atoms with E-state index in [1.807, 2.05) is 92.7 Å².